The molecule has 117 heavy (non-hydrogen) atoms. The molecule has 0 unspecified atom stereocenters. The van der Waals surface area contributed by atoms with E-state index in [4.69, 9.17) is 62.8 Å². The van der Waals surface area contributed by atoms with Crippen LogP contribution in [0.4, 0.5) is 0 Å². The molecule has 0 bridgehead atoms. The number of aromatic hydroxyl groups is 1. The van der Waals surface area contributed by atoms with Crippen LogP contribution >= 0.6 is 22.6 Å². The Morgan fingerprint density at radius 3 is 1.29 bits per heavy atom. The van der Waals surface area contributed by atoms with Crippen molar-refractivity contribution in [2.75, 3.05) is 61.3 Å². The minimum absolute atomic E-state index is 0.111. The molecule has 6 aromatic heterocycles. The van der Waals surface area contributed by atoms with Crippen LogP contribution in [-0.4, -0.2) is 176 Å². The van der Waals surface area contributed by atoms with E-state index in [9.17, 15) is 15.2 Å². The summed E-state index contributed by atoms with van der Waals surface area (Å²) in [5.41, 5.74) is 15.0. The minimum Gasteiger partial charge on any atom is -0.504 e. The first-order chi connectivity index (χ1) is 56.0. The van der Waals surface area contributed by atoms with Crippen LogP contribution in [0.5, 0.6) is 34.5 Å². The lowest BCUT2D eigenvalue weighted by atomic mass is 9.79. The largest absolute Gasteiger partial charge is 0.504 e. The number of hydrogen-bond acceptors (Lipinski definition) is 18. The fraction of sp³-hybridized carbons (Fsp3) is 0.310. The Balaban J connectivity index is 0.000000150. The maximum atomic E-state index is 10.1. The van der Waals surface area contributed by atoms with Gasteiger partial charge in [-0.2, -0.15) is 15.3 Å². The zero-order chi connectivity index (χ0) is 83.2. The second-order valence-corrected chi connectivity index (χ2v) is 57.1. The summed E-state index contributed by atoms with van der Waals surface area (Å²) in [6, 6.07) is 63.3. The van der Waals surface area contributed by atoms with E-state index in [1.807, 2.05) is 125 Å². The first-order valence-corrected chi connectivity index (χ1v) is 55.1. The van der Waals surface area contributed by atoms with Gasteiger partial charge in [-0.25, -0.2) is 24.3 Å². The van der Waals surface area contributed by atoms with Crippen LogP contribution in [0.2, 0.25) is 103 Å². The number of para-hydroxylation sites is 9. The van der Waals surface area contributed by atoms with Gasteiger partial charge in [-0.3, -0.25) is 5.10 Å². The zero-order valence-corrected chi connectivity index (χ0v) is 75.5. The number of methoxy groups -OCH3 is 3. The summed E-state index contributed by atoms with van der Waals surface area (Å²) in [7, 11) is -1.46. The van der Waals surface area contributed by atoms with E-state index in [1.165, 1.54) is 10.7 Å². The summed E-state index contributed by atoms with van der Waals surface area (Å²) in [6.07, 6.45) is 0. The summed E-state index contributed by atoms with van der Waals surface area (Å²) in [6.45, 7) is 32.0. The van der Waals surface area contributed by atoms with E-state index in [1.54, 1.807) is 44.6 Å². The van der Waals surface area contributed by atoms with Gasteiger partial charge in [0.1, 0.15) is 30.5 Å². The number of H-pyrrole nitrogens is 4. The highest BCUT2D eigenvalue weighted by molar-refractivity contribution is 14.1. The van der Waals surface area contributed by atoms with Gasteiger partial charge in [-0.1, -0.05) is 163 Å². The zero-order valence-electron chi connectivity index (χ0n) is 69.4. The number of fused-ring (bicyclic) bond motifs is 6. The predicted octanol–water partition coefficient (Wildman–Crippen LogP) is 19.3. The number of phenols is 1. The number of aromatic nitrogens is 12. The quantitative estimate of drug-likeness (QED) is 0.00919. The van der Waals surface area contributed by atoms with Gasteiger partial charge in [0.15, 0.2) is 65.6 Å². The number of rotatable bonds is 31. The average molecular weight is 1760 g/mol. The maximum Gasteiger partial charge on any atom is 0.492 e. The van der Waals surface area contributed by atoms with E-state index >= 15 is 0 Å². The van der Waals surface area contributed by atoms with Crippen molar-refractivity contribution in [1.82, 2.24) is 59.7 Å². The summed E-state index contributed by atoms with van der Waals surface area (Å²) in [5, 5.41) is 48.9. The molecular formula is C87H106BIN12O12Si4. The lowest BCUT2D eigenvalue weighted by Crippen LogP contribution is -2.31. The second-order valence-electron chi connectivity index (χ2n) is 33.3. The van der Waals surface area contributed by atoms with Gasteiger partial charge in [0, 0.05) is 95.0 Å². The topological polar surface area (TPSA) is 294 Å². The van der Waals surface area contributed by atoms with Gasteiger partial charge in [0.25, 0.3) is 0 Å². The highest BCUT2D eigenvalue weighted by atomic mass is 127. The van der Waals surface area contributed by atoms with Crippen LogP contribution in [0.1, 0.15) is 0 Å². The molecule has 15 rings (SSSR count). The smallest absolute Gasteiger partial charge is 0.492 e. The number of halogens is 1. The molecule has 0 saturated carbocycles. The molecule has 0 atom stereocenters. The number of ether oxygens (including phenoxy) is 9. The molecule has 0 spiro atoms. The molecule has 0 amide bonds. The normalized spacial score (nSPS) is 11.9. The van der Waals surface area contributed by atoms with Gasteiger partial charge in [-0.15, -0.1) is 0 Å². The maximum absolute atomic E-state index is 10.1. The monoisotopic (exact) mass is 1760 g/mol. The number of nitrogens with zero attached hydrogens (tertiary/aromatic N) is 8. The van der Waals surface area contributed by atoms with E-state index < -0.39 is 39.4 Å². The average Bonchev–Trinajstić information content (AvgIpc) is 1.64. The van der Waals surface area contributed by atoms with E-state index in [-0.39, 0.29) is 24.8 Å². The molecule has 0 aliphatic heterocycles. The molecule has 0 aliphatic carbocycles. The van der Waals surface area contributed by atoms with Crippen molar-refractivity contribution < 1.29 is 57.8 Å². The number of imidazole rings is 3. The molecule has 612 valence electrons. The molecule has 0 saturated heterocycles. The molecular weight excluding hydrogens is 1660 g/mol. The lowest BCUT2D eigenvalue weighted by Gasteiger charge is -2.17. The van der Waals surface area contributed by atoms with E-state index in [0.29, 0.717) is 61.2 Å². The van der Waals surface area contributed by atoms with E-state index in [2.05, 4.69) is 168 Å². The first-order valence-electron chi connectivity index (χ1n) is 39.2. The highest BCUT2D eigenvalue weighted by Gasteiger charge is 2.25. The predicted molar refractivity (Wildman–Crippen MR) is 489 cm³/mol. The van der Waals surface area contributed by atoms with Crippen molar-refractivity contribution in [3.63, 3.8) is 0 Å². The number of phenolic OH excluding ortho intramolecular Hbond substituents is 1. The van der Waals surface area contributed by atoms with Gasteiger partial charge in [-0.05, 0) is 155 Å². The van der Waals surface area contributed by atoms with Crippen LogP contribution < -0.4 is 29.1 Å². The summed E-state index contributed by atoms with van der Waals surface area (Å²) < 4.78 is 56.3. The molecule has 7 N–H and O–H groups in total. The Kier molecular flexibility index (Phi) is 28.5. The number of nitrogens with one attached hydrogen (secondary N) is 4. The van der Waals surface area contributed by atoms with Crippen LogP contribution in [0.3, 0.4) is 0 Å². The summed E-state index contributed by atoms with van der Waals surface area (Å²) >= 11 is 2.34. The summed E-state index contributed by atoms with van der Waals surface area (Å²) in [5.74, 6) is 4.86. The van der Waals surface area contributed by atoms with Crippen LogP contribution in [0.25, 0.3) is 123 Å². The fourth-order valence-electron chi connectivity index (χ4n) is 12.8. The van der Waals surface area contributed by atoms with Gasteiger partial charge < -0.3 is 72.7 Å². The number of benzene rings is 9. The molecule has 0 aliphatic rings. The standard InChI is InChI=1S/C33H44N4O4Si2.C21H16N4O2.C20H23IN4OSi.C13H23BO5Si/c1-38-32-25(11-10-14-30(32)41-23-40-18-20-43(5,6)7)24-15-16-29-26(21-24)31(33-34-27-12-8-9-13-28(27)35-33)36-37(29)22-39-17-19-42(2,3)4;1-27-20-13(5-4-8-18(20)26)12-9-10-15-14(11-12)19(25-24-15)21-22-16-6-2-3-7-17(16)23-21;1-27(2,3)11-10-26-13-25-18-9-8-14(21)12-15(18)19(24-25)20-22-16-6-4-5-7-17(16)23-20;1-17-13-11(14(15)16)6-5-7-12(13)19-10-18-8-9-20(2,3)4/h8-16,21H,17-20,22-23H2,1-7H3,(H,34,35);2-11,26H,1H3,(H,22,23)(H,24,25);4-9,12H,10-11,13H2,1-3H3,(H,22,23);5-7,15-16H,8-10H2,1-4H3. The Hall–Kier alpha value is -9.98. The van der Waals surface area contributed by atoms with Gasteiger partial charge in [0.05, 0.1) is 71.0 Å². The second kappa shape index (κ2) is 38.6. The Morgan fingerprint density at radius 2 is 0.821 bits per heavy atom. The molecule has 30 heteroatoms. The van der Waals surface area contributed by atoms with Crippen molar-refractivity contribution in [1.29, 1.82) is 0 Å². The molecule has 6 heterocycles. The van der Waals surface area contributed by atoms with Crippen molar-refractivity contribution in [3.8, 4) is 91.3 Å². The van der Waals surface area contributed by atoms with Gasteiger partial charge in [0.2, 0.25) is 0 Å². The first kappa shape index (κ1) is 86.4. The number of aromatic amines is 4. The number of hydrogen-bond donors (Lipinski definition) is 7. The third kappa shape index (κ3) is 22.7. The van der Waals surface area contributed by atoms with Gasteiger partial charge >= 0.3 is 7.12 Å². The molecule has 15 aromatic rings. The van der Waals surface area contributed by atoms with Crippen molar-refractivity contribution in [2.45, 2.75) is 116 Å². The van der Waals surface area contributed by atoms with Crippen molar-refractivity contribution in [2.24, 2.45) is 0 Å². The minimum atomic E-state index is -1.60. The molecule has 0 radical (unpaired) electrons. The Morgan fingerprint density at radius 1 is 0.410 bits per heavy atom. The third-order valence-electron chi connectivity index (χ3n) is 19.4. The van der Waals surface area contributed by atoms with E-state index in [0.717, 1.165) is 154 Å². The Labute approximate surface area is 700 Å². The molecule has 24 nitrogen and oxygen atoms in total. The molecule has 0 fully saturated rings. The SMILES string of the molecule is COc1c(O)cccc1-c1ccc2[nH]nc(-c3nc4ccccc4[nH]3)c2c1.COc1c(OCOCC[Si](C)(C)C)cccc1-c1ccc2c(c1)c(-c1nc3ccccc3[nH]1)nn2COCC[Si](C)(C)C.COc1c(OCOCC[Si](C)(C)C)cccc1B(O)O.C[Si](C)(C)CCOCn1nc(-c2nc3ccccc3[nH]2)c2cc(I)ccc21. The Bertz CT molecular complexity index is 5740. The molecule has 9 aromatic carbocycles. The lowest BCUT2D eigenvalue weighted by molar-refractivity contribution is 0.0204. The highest BCUT2D eigenvalue weighted by Crippen LogP contribution is 2.42. The third-order valence-corrected chi connectivity index (χ3v) is 26.9. The van der Waals surface area contributed by atoms with Crippen LogP contribution in [0, 0.1) is 3.57 Å². The summed E-state index contributed by atoms with van der Waals surface area (Å²) in [4.78, 5) is 24.4. The fourth-order valence-corrected chi connectivity index (χ4v) is 16.4. The van der Waals surface area contributed by atoms with Crippen molar-refractivity contribution in [3.05, 3.63) is 186 Å². The van der Waals surface area contributed by atoms with Crippen LogP contribution in [0.15, 0.2) is 182 Å². The van der Waals surface area contributed by atoms with Crippen LogP contribution in [-0.2, 0) is 32.4 Å². The van der Waals surface area contributed by atoms with Crippen molar-refractivity contribution >= 4 is 133 Å².